The molecule has 2 atom stereocenters. The molecular formula is C6H8S4. The van der Waals surface area contributed by atoms with Crippen LogP contribution in [0.1, 0.15) is 12.8 Å². The zero-order valence-corrected chi connectivity index (χ0v) is 8.70. The second kappa shape index (κ2) is 3.52. The van der Waals surface area contributed by atoms with Crippen molar-refractivity contribution in [2.75, 3.05) is 0 Å². The van der Waals surface area contributed by atoms with Gasteiger partial charge >= 0.3 is 0 Å². The van der Waals surface area contributed by atoms with Crippen molar-refractivity contribution in [3.63, 3.8) is 0 Å². The summed E-state index contributed by atoms with van der Waals surface area (Å²) in [7, 11) is 0. The summed E-state index contributed by atoms with van der Waals surface area (Å²) in [6, 6.07) is 0. The van der Waals surface area contributed by atoms with Gasteiger partial charge in [-0.25, -0.2) is 0 Å². The van der Waals surface area contributed by atoms with Crippen molar-refractivity contribution < 1.29 is 0 Å². The Hall–Kier alpha value is 0.880. The lowest BCUT2D eigenvalue weighted by Crippen LogP contribution is -2.34. The van der Waals surface area contributed by atoms with Crippen LogP contribution in [0.2, 0.25) is 0 Å². The van der Waals surface area contributed by atoms with E-state index >= 15 is 0 Å². The minimum absolute atomic E-state index is 0.0968. The second-order valence-electron chi connectivity index (χ2n) is 2.34. The highest BCUT2D eigenvalue weighted by Gasteiger charge is 2.26. The van der Waals surface area contributed by atoms with Crippen LogP contribution in [-0.2, 0) is 0 Å². The Bertz CT molecular complexity index is 175. The van der Waals surface area contributed by atoms with Crippen molar-refractivity contribution >= 4 is 59.4 Å². The lowest BCUT2D eigenvalue weighted by Gasteiger charge is -2.25. The standard InChI is InChI=1S/C6H8S4/c7-3-1-2-4(8)6(10)5(3)9/h3,5,7,9H,1-2H2. The van der Waals surface area contributed by atoms with Gasteiger partial charge in [-0.3, -0.25) is 0 Å². The molecule has 0 heterocycles. The minimum Gasteiger partial charge on any atom is -0.174 e. The molecule has 1 fully saturated rings. The monoisotopic (exact) mass is 208 g/mol. The Morgan fingerprint density at radius 2 is 1.90 bits per heavy atom. The van der Waals surface area contributed by atoms with Gasteiger partial charge in [0.15, 0.2) is 0 Å². The molecule has 2 unspecified atom stereocenters. The molecule has 1 aliphatic rings. The zero-order chi connectivity index (χ0) is 7.72. The largest absolute Gasteiger partial charge is 0.174 e. The SMILES string of the molecule is S=C1CCC(S)C(S)C1=S. The zero-order valence-electron chi connectivity index (χ0n) is 5.28. The van der Waals surface area contributed by atoms with Crippen molar-refractivity contribution in [2.24, 2.45) is 0 Å². The molecule has 0 spiro atoms. The third-order valence-corrected chi connectivity index (χ3v) is 4.21. The highest BCUT2D eigenvalue weighted by Crippen LogP contribution is 2.23. The maximum Gasteiger partial charge on any atom is 0.0496 e. The predicted octanol–water partition coefficient (Wildman–Crippen LogP) is 2.12. The second-order valence-corrected chi connectivity index (χ2v) is 4.49. The summed E-state index contributed by atoms with van der Waals surface area (Å²) in [6.07, 6.45) is 1.93. The normalized spacial score (nSPS) is 34.6. The van der Waals surface area contributed by atoms with Gasteiger partial charge in [-0.1, -0.05) is 24.4 Å². The molecule has 0 nitrogen and oxygen atoms in total. The van der Waals surface area contributed by atoms with Crippen molar-refractivity contribution in [1.82, 2.24) is 0 Å². The molecule has 1 aliphatic carbocycles. The van der Waals surface area contributed by atoms with Crippen LogP contribution in [-0.4, -0.2) is 20.2 Å². The van der Waals surface area contributed by atoms with Gasteiger partial charge in [0.05, 0.1) is 0 Å². The van der Waals surface area contributed by atoms with Crippen LogP contribution in [0, 0.1) is 0 Å². The summed E-state index contributed by atoms with van der Waals surface area (Å²) in [5.41, 5.74) is 0. The van der Waals surface area contributed by atoms with E-state index in [2.05, 4.69) is 25.3 Å². The number of thiol groups is 2. The van der Waals surface area contributed by atoms with E-state index in [9.17, 15) is 0 Å². The van der Waals surface area contributed by atoms with E-state index in [1.165, 1.54) is 0 Å². The molecule has 0 aromatic carbocycles. The topological polar surface area (TPSA) is 0 Å². The fraction of sp³-hybridized carbons (Fsp3) is 0.667. The van der Waals surface area contributed by atoms with E-state index in [-0.39, 0.29) is 5.25 Å². The summed E-state index contributed by atoms with van der Waals surface area (Å²) in [6.45, 7) is 0. The molecule has 0 N–H and O–H groups in total. The first-order valence-corrected chi connectivity index (χ1v) is 4.91. The number of thiocarbonyl (C=S) groups is 2. The van der Waals surface area contributed by atoms with Crippen LogP contribution in [0.4, 0.5) is 0 Å². The van der Waals surface area contributed by atoms with Gasteiger partial charge < -0.3 is 0 Å². The first kappa shape index (κ1) is 8.97. The molecule has 56 valence electrons. The Labute approximate surface area is 82.6 Å². The van der Waals surface area contributed by atoms with Crippen molar-refractivity contribution in [3.8, 4) is 0 Å². The maximum absolute atomic E-state index is 5.06. The molecule has 10 heavy (non-hydrogen) atoms. The Kier molecular flexibility index (Phi) is 3.16. The van der Waals surface area contributed by atoms with E-state index in [1.807, 2.05) is 0 Å². The first-order valence-electron chi connectivity index (χ1n) is 3.06. The Morgan fingerprint density at radius 1 is 1.30 bits per heavy atom. The summed E-state index contributed by atoms with van der Waals surface area (Å²) < 4.78 is 0. The van der Waals surface area contributed by atoms with Gasteiger partial charge in [0.2, 0.25) is 0 Å². The molecule has 0 aliphatic heterocycles. The predicted molar refractivity (Wildman–Crippen MR) is 60.0 cm³/mol. The van der Waals surface area contributed by atoms with E-state index in [0.29, 0.717) is 5.25 Å². The average molecular weight is 208 g/mol. The lowest BCUT2D eigenvalue weighted by molar-refractivity contribution is 0.826. The van der Waals surface area contributed by atoms with E-state index < -0.39 is 0 Å². The third kappa shape index (κ3) is 1.72. The molecule has 0 saturated heterocycles. The van der Waals surface area contributed by atoms with Gasteiger partial charge in [-0.05, 0) is 12.8 Å². The van der Waals surface area contributed by atoms with Gasteiger partial charge in [0.1, 0.15) is 0 Å². The molecule has 4 heteroatoms. The summed E-state index contributed by atoms with van der Waals surface area (Å²) >= 11 is 18.7. The summed E-state index contributed by atoms with van der Waals surface area (Å²) in [5.74, 6) is 0. The fourth-order valence-corrected chi connectivity index (χ4v) is 2.18. The van der Waals surface area contributed by atoms with Crippen LogP contribution < -0.4 is 0 Å². The van der Waals surface area contributed by atoms with Gasteiger partial charge in [0, 0.05) is 20.2 Å². The van der Waals surface area contributed by atoms with Crippen molar-refractivity contribution in [3.05, 3.63) is 0 Å². The molecular weight excluding hydrogens is 200 g/mol. The molecule has 0 radical (unpaired) electrons. The van der Waals surface area contributed by atoms with E-state index in [1.54, 1.807) is 0 Å². The molecule has 1 saturated carbocycles. The fourth-order valence-electron chi connectivity index (χ4n) is 0.900. The van der Waals surface area contributed by atoms with Crippen molar-refractivity contribution in [1.29, 1.82) is 0 Å². The number of hydrogen-bond donors (Lipinski definition) is 2. The lowest BCUT2D eigenvalue weighted by atomic mass is 9.99. The highest BCUT2D eigenvalue weighted by molar-refractivity contribution is 7.93. The van der Waals surface area contributed by atoms with Gasteiger partial charge in [-0.15, -0.1) is 0 Å². The van der Waals surface area contributed by atoms with Crippen LogP contribution in [0.25, 0.3) is 0 Å². The quantitative estimate of drug-likeness (QED) is 0.462. The van der Waals surface area contributed by atoms with Gasteiger partial charge in [-0.2, -0.15) is 25.3 Å². The average Bonchev–Trinajstić information content (AvgIpc) is 1.93. The molecule has 0 aromatic heterocycles. The van der Waals surface area contributed by atoms with Crippen molar-refractivity contribution in [2.45, 2.75) is 23.3 Å². The molecule has 1 rings (SSSR count). The third-order valence-electron chi connectivity index (χ3n) is 1.58. The smallest absolute Gasteiger partial charge is 0.0496 e. The first-order chi connectivity index (χ1) is 4.63. The minimum atomic E-state index is 0.0968. The maximum atomic E-state index is 5.06. The Morgan fingerprint density at radius 3 is 2.40 bits per heavy atom. The summed E-state index contributed by atoms with van der Waals surface area (Å²) in [4.78, 5) is 1.73. The molecule has 0 bridgehead atoms. The number of hydrogen-bond acceptors (Lipinski definition) is 4. The molecule has 0 aromatic rings. The van der Waals surface area contributed by atoms with E-state index in [0.717, 1.165) is 22.6 Å². The highest BCUT2D eigenvalue weighted by atomic mass is 32.1. The number of rotatable bonds is 0. The summed E-state index contributed by atoms with van der Waals surface area (Å²) in [5, 5.41) is 0.391. The van der Waals surface area contributed by atoms with Crippen LogP contribution >= 0.6 is 49.7 Å². The van der Waals surface area contributed by atoms with Crippen LogP contribution in [0.5, 0.6) is 0 Å². The molecule has 0 amide bonds. The van der Waals surface area contributed by atoms with Crippen LogP contribution in [0.15, 0.2) is 0 Å². The van der Waals surface area contributed by atoms with E-state index in [4.69, 9.17) is 24.4 Å². The Balaban J connectivity index is 2.70. The van der Waals surface area contributed by atoms with Gasteiger partial charge in [0.25, 0.3) is 0 Å². The van der Waals surface area contributed by atoms with Crippen LogP contribution in [0.3, 0.4) is 0 Å².